The van der Waals surface area contributed by atoms with E-state index in [0.717, 1.165) is 11.1 Å². The Bertz CT molecular complexity index is 1290. The number of hydrogen-bond acceptors (Lipinski definition) is 4. The average molecular weight is 556 g/mol. The van der Waals surface area contributed by atoms with E-state index in [-0.39, 0.29) is 36.2 Å². The average Bonchev–Trinajstić information content (AvgIpc) is 2.92. The molecule has 0 aliphatic heterocycles. The molecule has 0 radical (unpaired) electrons. The quantitative estimate of drug-likeness (QED) is 0.336. The molecule has 3 aromatic carbocycles. The second-order valence-electron chi connectivity index (χ2n) is 8.99. The van der Waals surface area contributed by atoms with Crippen LogP contribution in [-0.4, -0.2) is 55.6 Å². The van der Waals surface area contributed by atoms with Crippen molar-refractivity contribution < 1.29 is 18.0 Å². The van der Waals surface area contributed by atoms with Gasteiger partial charge < -0.3 is 10.2 Å². The summed E-state index contributed by atoms with van der Waals surface area (Å²) in [6.45, 7) is 2.67. The summed E-state index contributed by atoms with van der Waals surface area (Å²) in [6, 6.07) is 24.2. The molecular weight excluding hydrogens is 522 g/mol. The van der Waals surface area contributed by atoms with Crippen molar-refractivity contribution >= 4 is 33.4 Å². The largest absolute Gasteiger partial charge is 0.355 e. The Labute approximate surface area is 230 Å². The third-order valence-corrected chi connectivity index (χ3v) is 8.33. The third-order valence-electron chi connectivity index (χ3n) is 6.20. The fourth-order valence-corrected chi connectivity index (χ4v) is 5.48. The van der Waals surface area contributed by atoms with Crippen LogP contribution in [0.5, 0.6) is 0 Å². The molecule has 0 aromatic heterocycles. The summed E-state index contributed by atoms with van der Waals surface area (Å²) >= 11 is 6.05. The van der Waals surface area contributed by atoms with Gasteiger partial charge in [-0.3, -0.25) is 9.59 Å². The van der Waals surface area contributed by atoms with Gasteiger partial charge in [0.25, 0.3) is 0 Å². The van der Waals surface area contributed by atoms with Crippen molar-refractivity contribution in [1.82, 2.24) is 14.5 Å². The van der Waals surface area contributed by atoms with Crippen molar-refractivity contribution in [3.05, 3.63) is 101 Å². The first-order chi connectivity index (χ1) is 18.2. The summed E-state index contributed by atoms with van der Waals surface area (Å²) in [5.74, 6) is -0.458. The van der Waals surface area contributed by atoms with Crippen LogP contribution in [-0.2, 0) is 32.6 Å². The normalized spacial score (nSPS) is 12.2. The van der Waals surface area contributed by atoms with E-state index in [4.69, 9.17) is 11.6 Å². The summed E-state index contributed by atoms with van der Waals surface area (Å²) in [7, 11) is -2.15. The Hall–Kier alpha value is -3.20. The minimum Gasteiger partial charge on any atom is -0.355 e. The summed E-state index contributed by atoms with van der Waals surface area (Å²) in [4.78, 5) is 28.6. The van der Waals surface area contributed by atoms with E-state index in [1.54, 1.807) is 47.4 Å². The van der Waals surface area contributed by atoms with E-state index in [0.29, 0.717) is 24.4 Å². The number of halogens is 1. The predicted octanol–water partition coefficient (Wildman–Crippen LogP) is 4.52. The number of sulfonamides is 1. The molecule has 2 amide bonds. The predicted molar refractivity (Wildman–Crippen MR) is 150 cm³/mol. The van der Waals surface area contributed by atoms with Crippen LogP contribution in [0.3, 0.4) is 0 Å². The van der Waals surface area contributed by atoms with Crippen molar-refractivity contribution in [3.63, 3.8) is 0 Å². The van der Waals surface area contributed by atoms with E-state index in [9.17, 15) is 18.0 Å². The zero-order valence-electron chi connectivity index (χ0n) is 21.7. The molecule has 1 atom stereocenters. The van der Waals surface area contributed by atoms with Crippen molar-refractivity contribution in [1.29, 1.82) is 0 Å². The van der Waals surface area contributed by atoms with E-state index in [1.807, 2.05) is 49.4 Å². The van der Waals surface area contributed by atoms with Gasteiger partial charge in [-0.2, -0.15) is 0 Å². The van der Waals surface area contributed by atoms with Crippen LogP contribution in [0.15, 0.2) is 89.8 Å². The molecule has 0 fully saturated rings. The van der Waals surface area contributed by atoms with Gasteiger partial charge in [0.2, 0.25) is 21.8 Å². The highest BCUT2D eigenvalue weighted by Gasteiger charge is 2.30. The molecule has 0 heterocycles. The first-order valence-corrected chi connectivity index (χ1v) is 14.4. The zero-order chi connectivity index (χ0) is 27.5. The molecular formula is C29H34ClN3O4S. The molecule has 0 bridgehead atoms. The Morgan fingerprint density at radius 1 is 0.895 bits per heavy atom. The maximum Gasteiger partial charge on any atom is 0.243 e. The van der Waals surface area contributed by atoms with Crippen LogP contribution in [0.4, 0.5) is 0 Å². The highest BCUT2D eigenvalue weighted by atomic mass is 35.5. The molecule has 3 aromatic rings. The van der Waals surface area contributed by atoms with Crippen LogP contribution in [0, 0.1) is 0 Å². The Morgan fingerprint density at radius 3 is 2.11 bits per heavy atom. The molecule has 0 aliphatic rings. The summed E-state index contributed by atoms with van der Waals surface area (Å²) in [5, 5.41) is 3.45. The molecule has 3 rings (SSSR count). The molecule has 7 nitrogen and oxygen atoms in total. The summed E-state index contributed by atoms with van der Waals surface area (Å²) in [6.07, 6.45) is 0.757. The fourth-order valence-electron chi connectivity index (χ4n) is 4.12. The SMILES string of the molecule is CCNC(=O)[C@H](Cc1ccccc1)N(Cc1ccc(Cl)cc1)C(=O)CCCN(C)S(=O)(=O)c1ccccc1. The highest BCUT2D eigenvalue weighted by Crippen LogP contribution is 2.19. The lowest BCUT2D eigenvalue weighted by Crippen LogP contribution is -2.50. The van der Waals surface area contributed by atoms with Gasteiger partial charge in [0.1, 0.15) is 6.04 Å². The number of amides is 2. The van der Waals surface area contributed by atoms with Crippen molar-refractivity contribution in [2.75, 3.05) is 20.1 Å². The minimum atomic E-state index is -3.66. The molecule has 1 N–H and O–H groups in total. The van der Waals surface area contributed by atoms with Crippen LogP contribution >= 0.6 is 11.6 Å². The maximum atomic E-state index is 13.6. The molecule has 0 saturated heterocycles. The van der Waals surface area contributed by atoms with Gasteiger partial charge in [0.05, 0.1) is 4.90 Å². The molecule has 9 heteroatoms. The summed E-state index contributed by atoms with van der Waals surface area (Å²) < 4.78 is 27.0. The van der Waals surface area contributed by atoms with E-state index in [2.05, 4.69) is 5.32 Å². The van der Waals surface area contributed by atoms with Crippen LogP contribution in [0.1, 0.15) is 30.9 Å². The molecule has 202 valence electrons. The smallest absolute Gasteiger partial charge is 0.243 e. The molecule has 0 saturated carbocycles. The van der Waals surface area contributed by atoms with E-state index < -0.39 is 16.1 Å². The highest BCUT2D eigenvalue weighted by molar-refractivity contribution is 7.89. The van der Waals surface area contributed by atoms with Crippen LogP contribution in [0.2, 0.25) is 5.02 Å². The zero-order valence-corrected chi connectivity index (χ0v) is 23.3. The van der Waals surface area contributed by atoms with E-state index >= 15 is 0 Å². The Balaban J connectivity index is 1.79. The number of rotatable bonds is 13. The standard InChI is InChI=1S/C29H34ClN3O4S/c1-3-31-29(35)27(21-23-11-6-4-7-12-23)33(22-24-16-18-25(30)19-17-24)28(34)15-10-20-32(2)38(36,37)26-13-8-5-9-14-26/h4-9,11-14,16-19,27H,3,10,15,20-22H2,1-2H3,(H,31,35)/t27-/m0/s1. The van der Waals surface area contributed by atoms with Gasteiger partial charge in [0, 0.05) is 44.5 Å². The van der Waals surface area contributed by atoms with Gasteiger partial charge >= 0.3 is 0 Å². The van der Waals surface area contributed by atoms with Crippen molar-refractivity contribution in [2.45, 2.75) is 43.7 Å². The Kier molecular flexibility index (Phi) is 10.9. The van der Waals surface area contributed by atoms with Gasteiger partial charge in [-0.15, -0.1) is 0 Å². The lowest BCUT2D eigenvalue weighted by atomic mass is 10.0. The number of carbonyl (C=O) groups is 2. The number of nitrogens with zero attached hydrogens (tertiary/aromatic N) is 2. The second kappa shape index (κ2) is 14.1. The lowest BCUT2D eigenvalue weighted by Gasteiger charge is -2.31. The lowest BCUT2D eigenvalue weighted by molar-refractivity contribution is -0.141. The van der Waals surface area contributed by atoms with Crippen molar-refractivity contribution in [3.8, 4) is 0 Å². The first-order valence-electron chi connectivity index (χ1n) is 12.6. The summed E-state index contributed by atoms with van der Waals surface area (Å²) in [5.41, 5.74) is 1.78. The fraction of sp³-hybridized carbons (Fsp3) is 0.310. The maximum absolute atomic E-state index is 13.6. The third kappa shape index (κ3) is 8.15. The van der Waals surface area contributed by atoms with Gasteiger partial charge in [-0.05, 0) is 48.7 Å². The second-order valence-corrected chi connectivity index (χ2v) is 11.5. The first kappa shape index (κ1) is 29.4. The molecule has 38 heavy (non-hydrogen) atoms. The Morgan fingerprint density at radius 2 is 1.50 bits per heavy atom. The monoisotopic (exact) mass is 555 g/mol. The number of benzene rings is 3. The van der Waals surface area contributed by atoms with Crippen LogP contribution < -0.4 is 5.32 Å². The number of nitrogens with one attached hydrogen (secondary N) is 1. The minimum absolute atomic E-state index is 0.0902. The topological polar surface area (TPSA) is 86.8 Å². The van der Waals surface area contributed by atoms with Gasteiger partial charge in [0.15, 0.2) is 0 Å². The number of hydrogen-bond donors (Lipinski definition) is 1. The van der Waals surface area contributed by atoms with Crippen LogP contribution in [0.25, 0.3) is 0 Å². The molecule has 0 unspecified atom stereocenters. The van der Waals surface area contributed by atoms with Crippen molar-refractivity contribution in [2.24, 2.45) is 0 Å². The number of carbonyl (C=O) groups excluding carboxylic acids is 2. The molecule has 0 spiro atoms. The molecule has 0 aliphatic carbocycles. The van der Waals surface area contributed by atoms with E-state index in [1.165, 1.54) is 11.4 Å². The number of likely N-dealkylation sites (N-methyl/N-ethyl adjacent to an activating group) is 1. The van der Waals surface area contributed by atoms with Gasteiger partial charge in [-0.25, -0.2) is 12.7 Å². The van der Waals surface area contributed by atoms with Gasteiger partial charge in [-0.1, -0.05) is 72.3 Å².